The van der Waals surface area contributed by atoms with Gasteiger partial charge in [0.05, 0.1) is 11.0 Å². The first-order valence-corrected chi connectivity index (χ1v) is 7.49. The van der Waals surface area contributed by atoms with Crippen LogP contribution in [0.5, 0.6) is 0 Å². The minimum absolute atomic E-state index is 0.550. The summed E-state index contributed by atoms with van der Waals surface area (Å²) in [4.78, 5) is 7.31. The number of imidazole rings is 1. The third-order valence-corrected chi connectivity index (χ3v) is 5.48. The molecule has 0 aliphatic carbocycles. The maximum absolute atomic E-state index is 11.6. The topological polar surface area (TPSA) is 64.0 Å². The van der Waals surface area contributed by atoms with Crippen molar-refractivity contribution >= 4 is 32.8 Å². The Hall–Kier alpha value is -1.21. The number of para-hydroxylation sites is 2. The molecule has 3 rings (SSSR count). The summed E-state index contributed by atoms with van der Waals surface area (Å²) in [5.41, 5.74) is 1.70. The molecule has 1 N–H and O–H groups in total. The van der Waals surface area contributed by atoms with Crippen LogP contribution < -0.4 is 4.83 Å². The Morgan fingerprint density at radius 3 is 2.94 bits per heavy atom. The summed E-state index contributed by atoms with van der Waals surface area (Å²) < 4.78 is 24.2. The summed E-state index contributed by atoms with van der Waals surface area (Å²) >= 11 is 1.16. The number of hydrogen-bond acceptors (Lipinski definition) is 5. The van der Waals surface area contributed by atoms with Crippen LogP contribution in [-0.4, -0.2) is 24.3 Å². The highest BCUT2D eigenvalue weighted by molar-refractivity contribution is 8.13. The normalized spacial score (nSPS) is 19.7. The second-order valence-electron chi connectivity index (χ2n) is 3.66. The van der Waals surface area contributed by atoms with Crippen LogP contribution in [0, 0.1) is 0 Å². The van der Waals surface area contributed by atoms with E-state index in [9.17, 15) is 8.42 Å². The molecule has 2 heterocycles. The van der Waals surface area contributed by atoms with Crippen LogP contribution in [0.25, 0.3) is 11.0 Å². The van der Waals surface area contributed by atoms with Crippen LogP contribution in [-0.2, 0) is 9.84 Å². The van der Waals surface area contributed by atoms with Crippen LogP contribution in [0.15, 0.2) is 24.3 Å². The van der Waals surface area contributed by atoms with Gasteiger partial charge >= 0.3 is 0 Å². The maximum Gasteiger partial charge on any atom is 0.186 e. The second kappa shape index (κ2) is 3.14. The van der Waals surface area contributed by atoms with Crippen molar-refractivity contribution in [2.45, 2.75) is 4.58 Å². The SMILES string of the molecule is CS(=O)(=O)C1SNn2c1nc1ccccc12. The third-order valence-electron chi connectivity index (χ3n) is 2.44. The quantitative estimate of drug-likeness (QED) is 0.778. The first kappa shape index (κ1) is 9.98. The van der Waals surface area contributed by atoms with Crippen molar-refractivity contribution in [2.24, 2.45) is 0 Å². The van der Waals surface area contributed by atoms with E-state index in [0.717, 1.165) is 23.0 Å². The van der Waals surface area contributed by atoms with Crippen LogP contribution in [0.1, 0.15) is 10.4 Å². The van der Waals surface area contributed by atoms with E-state index in [2.05, 4.69) is 9.82 Å². The molecule has 1 aromatic heterocycles. The van der Waals surface area contributed by atoms with E-state index in [-0.39, 0.29) is 0 Å². The summed E-state index contributed by atoms with van der Waals surface area (Å²) in [5.74, 6) is 0.550. The van der Waals surface area contributed by atoms with E-state index in [1.165, 1.54) is 6.26 Å². The largest absolute Gasteiger partial charge is 0.264 e. The molecule has 2 aromatic rings. The number of nitrogens with zero attached hydrogens (tertiary/aromatic N) is 2. The Morgan fingerprint density at radius 2 is 2.19 bits per heavy atom. The Morgan fingerprint density at radius 1 is 1.44 bits per heavy atom. The molecule has 0 fully saturated rings. The van der Waals surface area contributed by atoms with Gasteiger partial charge in [-0.2, -0.15) is 0 Å². The highest BCUT2D eigenvalue weighted by Gasteiger charge is 2.35. The van der Waals surface area contributed by atoms with E-state index in [4.69, 9.17) is 0 Å². The molecule has 0 bridgehead atoms. The zero-order valence-corrected chi connectivity index (χ0v) is 10.0. The molecule has 1 aromatic carbocycles. The third kappa shape index (κ3) is 1.31. The predicted molar refractivity (Wildman–Crippen MR) is 64.3 cm³/mol. The van der Waals surface area contributed by atoms with Crippen LogP contribution >= 0.6 is 11.9 Å². The lowest BCUT2D eigenvalue weighted by Gasteiger charge is -2.01. The Labute approximate surface area is 96.9 Å². The summed E-state index contributed by atoms with van der Waals surface area (Å²) in [6.45, 7) is 0. The number of rotatable bonds is 1. The molecule has 7 heteroatoms. The van der Waals surface area contributed by atoms with Crippen molar-refractivity contribution in [1.82, 2.24) is 9.66 Å². The van der Waals surface area contributed by atoms with Crippen molar-refractivity contribution in [3.8, 4) is 0 Å². The molecule has 1 aliphatic heterocycles. The second-order valence-corrected chi connectivity index (χ2v) is 6.98. The molecule has 0 saturated carbocycles. The van der Waals surface area contributed by atoms with Gasteiger partial charge in [-0.25, -0.2) is 18.1 Å². The average molecular weight is 255 g/mol. The van der Waals surface area contributed by atoms with Crippen molar-refractivity contribution in [3.05, 3.63) is 30.1 Å². The van der Waals surface area contributed by atoms with Gasteiger partial charge in [-0.3, -0.25) is 4.83 Å². The molecule has 0 saturated heterocycles. The molecule has 5 nitrogen and oxygen atoms in total. The number of benzene rings is 1. The molecule has 16 heavy (non-hydrogen) atoms. The smallest absolute Gasteiger partial charge is 0.186 e. The zero-order chi connectivity index (χ0) is 11.3. The highest BCUT2D eigenvalue weighted by Crippen LogP contribution is 2.38. The van der Waals surface area contributed by atoms with Gasteiger partial charge in [-0.05, 0) is 24.1 Å². The predicted octanol–water partition coefficient (Wildman–Crippen LogP) is 1.28. The van der Waals surface area contributed by atoms with E-state index < -0.39 is 14.4 Å². The van der Waals surface area contributed by atoms with Crippen LogP contribution in [0.4, 0.5) is 0 Å². The van der Waals surface area contributed by atoms with E-state index in [1.54, 1.807) is 4.68 Å². The standard InChI is InChI=1S/C9H9N3O2S2/c1-16(13,14)9-8-10-6-4-2-3-5-7(6)12(8)11-15-9/h2-5,9,11H,1H3. The summed E-state index contributed by atoms with van der Waals surface area (Å²) in [7, 11) is -3.15. The van der Waals surface area contributed by atoms with Gasteiger partial charge in [0.15, 0.2) is 20.2 Å². The number of sulfone groups is 1. The first-order chi connectivity index (χ1) is 7.57. The zero-order valence-electron chi connectivity index (χ0n) is 8.41. The molecule has 1 aliphatic rings. The summed E-state index contributed by atoms with van der Waals surface area (Å²) in [6.07, 6.45) is 1.22. The number of fused-ring (bicyclic) bond motifs is 3. The lowest BCUT2D eigenvalue weighted by molar-refractivity contribution is 0.599. The van der Waals surface area contributed by atoms with Crippen molar-refractivity contribution in [1.29, 1.82) is 0 Å². The van der Waals surface area contributed by atoms with Crippen LogP contribution in [0.3, 0.4) is 0 Å². The van der Waals surface area contributed by atoms with E-state index >= 15 is 0 Å². The van der Waals surface area contributed by atoms with Crippen molar-refractivity contribution < 1.29 is 8.42 Å². The minimum atomic E-state index is -3.15. The van der Waals surface area contributed by atoms with Gasteiger partial charge < -0.3 is 0 Å². The van der Waals surface area contributed by atoms with Crippen molar-refractivity contribution in [3.63, 3.8) is 0 Å². The van der Waals surface area contributed by atoms with Gasteiger partial charge in [0.2, 0.25) is 0 Å². The van der Waals surface area contributed by atoms with Gasteiger partial charge in [0.1, 0.15) is 0 Å². The van der Waals surface area contributed by atoms with Gasteiger partial charge in [-0.15, -0.1) is 0 Å². The number of hydrogen-bond donors (Lipinski definition) is 1. The monoisotopic (exact) mass is 255 g/mol. The lowest BCUT2D eigenvalue weighted by Crippen LogP contribution is -2.07. The van der Waals surface area contributed by atoms with E-state index in [0.29, 0.717) is 5.82 Å². The molecular weight excluding hydrogens is 246 g/mol. The van der Waals surface area contributed by atoms with Gasteiger partial charge in [0, 0.05) is 6.26 Å². The molecular formula is C9H9N3O2S2. The average Bonchev–Trinajstić information content (AvgIpc) is 2.73. The van der Waals surface area contributed by atoms with Gasteiger partial charge in [-0.1, -0.05) is 12.1 Å². The minimum Gasteiger partial charge on any atom is -0.264 e. The fourth-order valence-electron chi connectivity index (χ4n) is 1.73. The fourth-order valence-corrected chi connectivity index (χ4v) is 3.76. The molecule has 0 amide bonds. The Bertz CT molecular complexity index is 662. The van der Waals surface area contributed by atoms with E-state index in [1.807, 2.05) is 24.3 Å². The molecule has 1 atom stereocenters. The molecule has 0 radical (unpaired) electrons. The lowest BCUT2D eigenvalue weighted by atomic mass is 10.3. The highest BCUT2D eigenvalue weighted by atomic mass is 32.3. The number of aromatic nitrogens is 2. The summed E-state index contributed by atoms with van der Waals surface area (Å²) in [5, 5.41) is 0. The molecule has 1 unspecified atom stereocenters. The first-order valence-electron chi connectivity index (χ1n) is 4.65. The van der Waals surface area contributed by atoms with Crippen molar-refractivity contribution in [2.75, 3.05) is 11.1 Å². The van der Waals surface area contributed by atoms with Crippen LogP contribution in [0.2, 0.25) is 0 Å². The fraction of sp³-hybridized carbons (Fsp3) is 0.222. The Balaban J connectivity index is 2.27. The van der Waals surface area contributed by atoms with Gasteiger partial charge in [0.25, 0.3) is 0 Å². The summed E-state index contributed by atoms with van der Waals surface area (Å²) in [6, 6.07) is 7.56. The molecule has 84 valence electrons. The molecule has 0 spiro atoms. The maximum atomic E-state index is 11.6. The Kier molecular flexibility index (Phi) is 1.96. The number of nitrogens with one attached hydrogen (secondary N) is 1.